The highest BCUT2D eigenvalue weighted by molar-refractivity contribution is 5.93. The largest absolute Gasteiger partial charge is 0.379 e. The highest BCUT2D eigenvalue weighted by atomic mass is 16.5. The van der Waals surface area contributed by atoms with Crippen molar-refractivity contribution in [2.45, 2.75) is 39.2 Å². The standard InChI is InChI=1S/C12H18N2O2/c1-9-7-14-10(8-13-9)11(15)5-6-12(2,3)16-4/h7-8H,5-6H2,1-4H3. The van der Waals surface area contributed by atoms with Crippen LogP contribution in [-0.4, -0.2) is 28.5 Å². The molecule has 0 aliphatic rings. The first-order valence-electron chi connectivity index (χ1n) is 5.31. The summed E-state index contributed by atoms with van der Waals surface area (Å²) < 4.78 is 5.25. The van der Waals surface area contributed by atoms with Gasteiger partial charge in [0.05, 0.1) is 17.5 Å². The van der Waals surface area contributed by atoms with Crippen molar-refractivity contribution in [3.05, 3.63) is 23.8 Å². The molecule has 1 aromatic rings. The van der Waals surface area contributed by atoms with E-state index in [1.807, 2.05) is 20.8 Å². The summed E-state index contributed by atoms with van der Waals surface area (Å²) in [4.78, 5) is 19.9. The average molecular weight is 222 g/mol. The Morgan fingerprint density at radius 1 is 1.38 bits per heavy atom. The Balaban J connectivity index is 2.56. The molecule has 0 amide bonds. The van der Waals surface area contributed by atoms with Crippen molar-refractivity contribution < 1.29 is 9.53 Å². The normalized spacial score (nSPS) is 11.5. The lowest BCUT2D eigenvalue weighted by Crippen LogP contribution is -2.23. The number of hydrogen-bond donors (Lipinski definition) is 0. The van der Waals surface area contributed by atoms with Crippen molar-refractivity contribution >= 4 is 5.78 Å². The number of aryl methyl sites for hydroxylation is 1. The van der Waals surface area contributed by atoms with Gasteiger partial charge in [-0.25, -0.2) is 4.98 Å². The quantitative estimate of drug-likeness (QED) is 0.716. The highest BCUT2D eigenvalue weighted by Crippen LogP contribution is 2.16. The molecule has 0 spiro atoms. The van der Waals surface area contributed by atoms with Gasteiger partial charge in [-0.15, -0.1) is 0 Å². The molecule has 88 valence electrons. The molecule has 0 saturated carbocycles. The molecule has 0 N–H and O–H groups in total. The first kappa shape index (κ1) is 12.8. The van der Waals surface area contributed by atoms with E-state index in [-0.39, 0.29) is 11.4 Å². The number of Topliss-reactive ketones (excluding diaryl/α,β-unsaturated/α-hetero) is 1. The van der Waals surface area contributed by atoms with Crippen molar-refractivity contribution in [2.24, 2.45) is 0 Å². The zero-order chi connectivity index (χ0) is 12.2. The van der Waals surface area contributed by atoms with E-state index in [0.717, 1.165) is 5.69 Å². The summed E-state index contributed by atoms with van der Waals surface area (Å²) in [5.74, 6) is 0.0117. The van der Waals surface area contributed by atoms with Crippen LogP contribution in [0.15, 0.2) is 12.4 Å². The molecule has 4 nitrogen and oxygen atoms in total. The minimum absolute atomic E-state index is 0.0117. The molecular weight excluding hydrogens is 204 g/mol. The lowest BCUT2D eigenvalue weighted by molar-refractivity contribution is 0.0141. The van der Waals surface area contributed by atoms with Crippen LogP contribution in [0.2, 0.25) is 0 Å². The summed E-state index contributed by atoms with van der Waals surface area (Å²) >= 11 is 0. The second-order valence-corrected chi connectivity index (χ2v) is 4.43. The molecule has 0 atom stereocenters. The molecule has 0 radical (unpaired) electrons. The summed E-state index contributed by atoms with van der Waals surface area (Å²) in [6, 6.07) is 0. The Labute approximate surface area is 96.1 Å². The molecule has 4 heteroatoms. The Hall–Kier alpha value is -1.29. The zero-order valence-electron chi connectivity index (χ0n) is 10.3. The van der Waals surface area contributed by atoms with E-state index in [9.17, 15) is 4.79 Å². The summed E-state index contributed by atoms with van der Waals surface area (Å²) in [6.07, 6.45) is 4.24. The maximum Gasteiger partial charge on any atom is 0.182 e. The number of ether oxygens (including phenoxy) is 1. The number of rotatable bonds is 5. The molecule has 0 fully saturated rings. The minimum atomic E-state index is -0.270. The Kier molecular flexibility index (Phi) is 4.12. The summed E-state index contributed by atoms with van der Waals surface area (Å²) in [6.45, 7) is 5.76. The summed E-state index contributed by atoms with van der Waals surface area (Å²) in [7, 11) is 1.65. The maximum absolute atomic E-state index is 11.8. The topological polar surface area (TPSA) is 52.1 Å². The van der Waals surface area contributed by atoms with Gasteiger partial charge in [-0.1, -0.05) is 0 Å². The molecule has 0 saturated heterocycles. The first-order valence-corrected chi connectivity index (χ1v) is 5.31. The van der Waals surface area contributed by atoms with Gasteiger partial charge in [-0.2, -0.15) is 0 Å². The third-order valence-corrected chi connectivity index (χ3v) is 2.57. The third kappa shape index (κ3) is 3.70. The Morgan fingerprint density at radius 2 is 2.06 bits per heavy atom. The van der Waals surface area contributed by atoms with Crippen molar-refractivity contribution in [1.29, 1.82) is 0 Å². The molecule has 0 aliphatic carbocycles. The van der Waals surface area contributed by atoms with E-state index in [1.54, 1.807) is 13.3 Å². The number of carbonyl (C=O) groups excluding carboxylic acids is 1. The Bertz CT molecular complexity index is 358. The van der Waals surface area contributed by atoms with Crippen LogP contribution in [0.3, 0.4) is 0 Å². The minimum Gasteiger partial charge on any atom is -0.379 e. The van der Waals surface area contributed by atoms with Crippen LogP contribution in [0.25, 0.3) is 0 Å². The van der Waals surface area contributed by atoms with E-state index in [1.165, 1.54) is 6.20 Å². The third-order valence-electron chi connectivity index (χ3n) is 2.57. The summed E-state index contributed by atoms with van der Waals surface area (Å²) in [5.41, 5.74) is 0.972. The van der Waals surface area contributed by atoms with Gasteiger partial charge in [-0.3, -0.25) is 9.78 Å². The molecule has 16 heavy (non-hydrogen) atoms. The van der Waals surface area contributed by atoms with Crippen molar-refractivity contribution in [3.63, 3.8) is 0 Å². The molecule has 0 aliphatic heterocycles. The SMILES string of the molecule is COC(C)(C)CCC(=O)c1cnc(C)cn1. The van der Waals surface area contributed by atoms with Gasteiger partial charge in [0.25, 0.3) is 0 Å². The maximum atomic E-state index is 11.8. The summed E-state index contributed by atoms with van der Waals surface area (Å²) in [5, 5.41) is 0. The van der Waals surface area contributed by atoms with E-state index in [4.69, 9.17) is 4.74 Å². The van der Waals surface area contributed by atoms with Gasteiger partial charge in [-0.05, 0) is 27.2 Å². The molecular formula is C12H18N2O2. The number of ketones is 1. The second kappa shape index (κ2) is 5.16. The zero-order valence-corrected chi connectivity index (χ0v) is 10.3. The van der Waals surface area contributed by atoms with Crippen LogP contribution in [0.5, 0.6) is 0 Å². The van der Waals surface area contributed by atoms with Gasteiger partial charge >= 0.3 is 0 Å². The fourth-order valence-electron chi connectivity index (χ4n) is 1.18. The fraction of sp³-hybridized carbons (Fsp3) is 0.583. The van der Waals surface area contributed by atoms with Gasteiger partial charge in [0.2, 0.25) is 0 Å². The van der Waals surface area contributed by atoms with Crippen molar-refractivity contribution in [2.75, 3.05) is 7.11 Å². The lowest BCUT2D eigenvalue weighted by Gasteiger charge is -2.21. The van der Waals surface area contributed by atoms with Crippen LogP contribution >= 0.6 is 0 Å². The number of carbonyl (C=O) groups is 1. The second-order valence-electron chi connectivity index (χ2n) is 4.43. The number of methoxy groups -OCH3 is 1. The predicted octanol–water partition coefficient (Wildman–Crippen LogP) is 2.17. The molecule has 1 rings (SSSR count). The van der Waals surface area contributed by atoms with Crippen LogP contribution in [0.1, 0.15) is 42.9 Å². The van der Waals surface area contributed by atoms with Crippen LogP contribution in [-0.2, 0) is 4.74 Å². The lowest BCUT2D eigenvalue weighted by atomic mass is 10.00. The molecule has 0 bridgehead atoms. The average Bonchev–Trinajstić information content (AvgIpc) is 2.27. The number of aromatic nitrogens is 2. The van der Waals surface area contributed by atoms with Gasteiger partial charge in [0, 0.05) is 19.7 Å². The van der Waals surface area contributed by atoms with Crippen molar-refractivity contribution in [3.8, 4) is 0 Å². The number of hydrogen-bond acceptors (Lipinski definition) is 4. The van der Waals surface area contributed by atoms with Gasteiger partial charge in [0.15, 0.2) is 5.78 Å². The van der Waals surface area contributed by atoms with E-state index in [2.05, 4.69) is 9.97 Å². The molecule has 0 unspecified atom stereocenters. The van der Waals surface area contributed by atoms with Gasteiger partial charge in [0.1, 0.15) is 5.69 Å². The number of nitrogens with zero attached hydrogens (tertiary/aromatic N) is 2. The van der Waals surface area contributed by atoms with Gasteiger partial charge < -0.3 is 4.74 Å². The Morgan fingerprint density at radius 3 is 2.56 bits per heavy atom. The predicted molar refractivity (Wildman–Crippen MR) is 61.4 cm³/mol. The monoisotopic (exact) mass is 222 g/mol. The highest BCUT2D eigenvalue weighted by Gasteiger charge is 2.19. The van der Waals surface area contributed by atoms with Crippen molar-refractivity contribution in [1.82, 2.24) is 9.97 Å². The van der Waals surface area contributed by atoms with Crippen LogP contribution in [0.4, 0.5) is 0 Å². The van der Waals surface area contributed by atoms with E-state index >= 15 is 0 Å². The first-order chi connectivity index (χ1) is 7.44. The van der Waals surface area contributed by atoms with E-state index in [0.29, 0.717) is 18.5 Å². The fourth-order valence-corrected chi connectivity index (χ4v) is 1.18. The molecule has 0 aromatic carbocycles. The molecule has 1 heterocycles. The van der Waals surface area contributed by atoms with Crippen LogP contribution in [0, 0.1) is 6.92 Å². The van der Waals surface area contributed by atoms with E-state index < -0.39 is 0 Å². The smallest absolute Gasteiger partial charge is 0.182 e. The molecule has 1 aromatic heterocycles. The van der Waals surface area contributed by atoms with Crippen LogP contribution < -0.4 is 0 Å².